The smallest absolute Gasteiger partial charge is 0.147 e. The van der Waals surface area contributed by atoms with Gasteiger partial charge in [0.25, 0.3) is 0 Å². The van der Waals surface area contributed by atoms with E-state index in [2.05, 4.69) is 98.6 Å². The average molecular weight is 712 g/mol. The summed E-state index contributed by atoms with van der Waals surface area (Å²) in [5, 5.41) is 3.27. The zero-order chi connectivity index (χ0) is 24.3. The molecule has 1 unspecified atom stereocenters. The van der Waals surface area contributed by atoms with E-state index in [1.54, 1.807) is 27.1 Å². The number of benzene rings is 2. The number of hydrogen-bond donors (Lipinski definition) is 1. The predicted molar refractivity (Wildman–Crippen MR) is 165 cm³/mol. The van der Waals surface area contributed by atoms with Crippen LogP contribution in [0.15, 0.2) is 80.7 Å². The molecule has 1 aliphatic carbocycles. The van der Waals surface area contributed by atoms with E-state index in [9.17, 15) is 0 Å². The van der Waals surface area contributed by atoms with Gasteiger partial charge < -0.3 is 0 Å². The van der Waals surface area contributed by atoms with Crippen molar-refractivity contribution in [2.75, 3.05) is 6.54 Å². The Morgan fingerprint density at radius 3 is 1.61 bits per heavy atom. The first kappa shape index (κ1) is 33.6. The molecular weight excluding hydrogens is 664 g/mol. The molecule has 0 amide bonds. The summed E-state index contributed by atoms with van der Waals surface area (Å²) in [6, 6.07) is 23.1. The molecule has 1 N–H and O–H groups in total. The number of halogens is 2. The van der Waals surface area contributed by atoms with E-state index in [0.29, 0.717) is 5.92 Å². The number of rotatable bonds is 14. The molecule has 1 aliphatic rings. The van der Waals surface area contributed by atoms with Crippen LogP contribution in [0.3, 0.4) is 0 Å². The van der Waals surface area contributed by atoms with Crippen LogP contribution in [-0.2, 0) is 20.9 Å². The van der Waals surface area contributed by atoms with Gasteiger partial charge in [0.2, 0.25) is 0 Å². The monoisotopic (exact) mass is 712 g/mol. The van der Waals surface area contributed by atoms with Gasteiger partial charge in [0, 0.05) is 0 Å². The molecule has 0 saturated carbocycles. The third-order valence-electron chi connectivity index (χ3n) is 7.83. The maximum absolute atomic E-state index is 4.36. The van der Waals surface area contributed by atoms with E-state index in [-0.39, 0.29) is 24.8 Å². The van der Waals surface area contributed by atoms with Crippen molar-refractivity contribution in [1.82, 2.24) is 3.30 Å². The summed E-state index contributed by atoms with van der Waals surface area (Å²) >= 11 is -2.37. The molecule has 0 aromatic heterocycles. The summed E-state index contributed by atoms with van der Waals surface area (Å²) in [5.41, 5.74) is 4.80. The molecule has 0 aliphatic heterocycles. The topological polar surface area (TPSA) is 12.0 Å². The van der Waals surface area contributed by atoms with Crippen LogP contribution in [0, 0.1) is 5.92 Å². The zero-order valence-corrected chi connectivity index (χ0v) is 29.5. The Kier molecular flexibility index (Phi) is 16.7. The Morgan fingerprint density at radius 2 is 1.17 bits per heavy atom. The van der Waals surface area contributed by atoms with E-state index in [0.717, 1.165) is 0 Å². The molecule has 5 heteroatoms. The summed E-state index contributed by atoms with van der Waals surface area (Å²) in [5.74, 6) is -0.690. The maximum atomic E-state index is 4.36. The van der Waals surface area contributed by atoms with Crippen LogP contribution in [0.4, 0.5) is 0 Å². The fraction of sp³-hybridized carbons (Fsp3) is 0.484. The molecule has 0 saturated heterocycles. The Labute approximate surface area is 243 Å². The van der Waals surface area contributed by atoms with Gasteiger partial charge >= 0.3 is 220 Å². The molecule has 2 aromatic carbocycles. The largest absolute Gasteiger partial charge is 0.147 e. The molecule has 2 aromatic rings. The summed E-state index contributed by atoms with van der Waals surface area (Å²) < 4.78 is 6.23. The molecule has 199 valence electrons. The van der Waals surface area contributed by atoms with E-state index >= 15 is 0 Å². The van der Waals surface area contributed by atoms with Gasteiger partial charge in [0.15, 0.2) is 0 Å². The zero-order valence-electron chi connectivity index (χ0n) is 23.1. The van der Waals surface area contributed by atoms with Crippen LogP contribution < -0.4 is 13.7 Å². The van der Waals surface area contributed by atoms with Crippen molar-refractivity contribution in [2.45, 2.75) is 86.0 Å². The third-order valence-corrected chi connectivity index (χ3v) is 35.4. The Hall–Kier alpha value is -0.453. The number of allylic oxidation sites excluding steroid dienone is 4. The molecule has 1 atom stereocenters. The molecule has 3 rings (SSSR count). The van der Waals surface area contributed by atoms with E-state index in [4.69, 9.17) is 0 Å². The maximum Gasteiger partial charge on any atom is -0.147 e. The molecule has 0 heterocycles. The first-order valence-corrected chi connectivity index (χ1v) is 25.2. The Balaban J connectivity index is 0.00000324. The second kappa shape index (κ2) is 17.9. The van der Waals surface area contributed by atoms with Crippen LogP contribution in [-0.4, -0.2) is 12.5 Å². The van der Waals surface area contributed by atoms with Crippen molar-refractivity contribution in [1.29, 1.82) is 0 Å². The molecule has 1 nitrogen and oxygen atoms in total. The van der Waals surface area contributed by atoms with Gasteiger partial charge in [-0.05, 0) is 0 Å². The molecular formula is C31H48Cl2HfNSi. The van der Waals surface area contributed by atoms with Gasteiger partial charge in [-0.15, -0.1) is 24.8 Å². The number of nitrogens with one attached hydrogen (secondary N) is 1. The van der Waals surface area contributed by atoms with Crippen LogP contribution >= 0.6 is 24.8 Å². The quantitative estimate of drug-likeness (QED) is 0.155. The summed E-state index contributed by atoms with van der Waals surface area (Å²) in [6.07, 6.45) is 11.1. The minimum Gasteiger partial charge on any atom is -0.147 e. The molecule has 36 heavy (non-hydrogen) atoms. The number of hydrogen-bond acceptors (Lipinski definition) is 1. The fourth-order valence-corrected chi connectivity index (χ4v) is 37.0. The van der Waals surface area contributed by atoms with E-state index in [1.807, 2.05) is 3.33 Å². The summed E-state index contributed by atoms with van der Waals surface area (Å²) in [7, 11) is 0. The summed E-state index contributed by atoms with van der Waals surface area (Å²) in [4.78, 5) is 0. The second-order valence-electron chi connectivity index (χ2n) is 10.1. The van der Waals surface area contributed by atoms with Gasteiger partial charge in [-0.3, -0.25) is 0 Å². The first-order chi connectivity index (χ1) is 16.6. The van der Waals surface area contributed by atoms with Crippen LogP contribution in [0.5, 0.6) is 0 Å². The molecule has 0 bridgehead atoms. The van der Waals surface area contributed by atoms with Crippen molar-refractivity contribution in [3.05, 3.63) is 80.7 Å². The standard InChI is InChI=1S/C12H11Si.C10H22N.C9H13.2ClH.Hf/c1-3-7-11(8-4-1)13-12-9-5-2-6-10-12;1-2-3-4-5-6-7-8-9-10-11;1-6-5-7(2)9(4)8(6)3;;;/h1-10,13H;11H,2-10H2,1H3;6H,1-4H3;2*1H;/q;-1;;;;+1. The van der Waals surface area contributed by atoms with Gasteiger partial charge in [-0.2, -0.15) is 0 Å². The van der Waals surface area contributed by atoms with Gasteiger partial charge in [-0.25, -0.2) is 0 Å². The van der Waals surface area contributed by atoms with Crippen molar-refractivity contribution in [3.8, 4) is 0 Å². The molecule has 0 radical (unpaired) electrons. The van der Waals surface area contributed by atoms with Crippen molar-refractivity contribution >= 4 is 41.2 Å². The molecule has 0 fully saturated rings. The van der Waals surface area contributed by atoms with Crippen molar-refractivity contribution in [3.63, 3.8) is 0 Å². The first-order valence-electron chi connectivity index (χ1n) is 13.7. The van der Waals surface area contributed by atoms with Gasteiger partial charge in [-0.1, -0.05) is 0 Å². The van der Waals surface area contributed by atoms with E-state index in [1.165, 1.54) is 57.9 Å². The van der Waals surface area contributed by atoms with Crippen LogP contribution in [0.2, 0.25) is 0 Å². The van der Waals surface area contributed by atoms with Crippen molar-refractivity contribution < 1.29 is 20.9 Å². The summed E-state index contributed by atoms with van der Waals surface area (Å²) in [6.45, 7) is 13.1. The Morgan fingerprint density at radius 1 is 0.694 bits per heavy atom. The van der Waals surface area contributed by atoms with Crippen LogP contribution in [0.1, 0.15) is 86.0 Å². The third kappa shape index (κ3) is 9.08. The molecule has 0 spiro atoms. The average Bonchev–Trinajstić information content (AvgIpc) is 3.06. The SMILES string of the molecule is CCCCCCCCCC[NH][Hf]([C]1=C(C)C(C)=C(C)C1C)[SiH](c1ccccc1)c1ccccc1.Cl.Cl. The predicted octanol–water partition coefficient (Wildman–Crippen LogP) is 7.89. The minimum absolute atomic E-state index is 0. The fourth-order valence-electron chi connectivity index (χ4n) is 5.45. The minimum atomic E-state index is -2.37. The second-order valence-corrected chi connectivity index (χ2v) is 29.5. The van der Waals surface area contributed by atoms with Crippen molar-refractivity contribution in [2.24, 2.45) is 5.92 Å². The van der Waals surface area contributed by atoms with E-state index < -0.39 is 26.9 Å². The van der Waals surface area contributed by atoms with Crippen LogP contribution in [0.25, 0.3) is 0 Å². The number of unbranched alkanes of at least 4 members (excludes halogenated alkanes) is 7. The Bertz CT molecular complexity index is 906. The van der Waals surface area contributed by atoms with Gasteiger partial charge in [0.1, 0.15) is 0 Å². The van der Waals surface area contributed by atoms with Gasteiger partial charge in [0.05, 0.1) is 0 Å². The normalized spacial score (nSPS) is 15.2.